The largest absolute Gasteiger partial charge is 0.378 e. The van der Waals surface area contributed by atoms with Crippen molar-refractivity contribution < 1.29 is 9.53 Å². The van der Waals surface area contributed by atoms with Crippen LogP contribution in [0.2, 0.25) is 0 Å². The summed E-state index contributed by atoms with van der Waals surface area (Å²) in [6, 6.07) is 19.1. The Labute approximate surface area is 205 Å². The van der Waals surface area contributed by atoms with E-state index in [0.29, 0.717) is 32.3 Å². The van der Waals surface area contributed by atoms with E-state index in [9.17, 15) is 4.79 Å². The molecule has 3 heterocycles. The van der Waals surface area contributed by atoms with Crippen LogP contribution in [0.1, 0.15) is 39.5 Å². The van der Waals surface area contributed by atoms with Crippen LogP contribution in [0, 0.1) is 0 Å². The minimum absolute atomic E-state index is 0.103. The molecule has 0 spiro atoms. The van der Waals surface area contributed by atoms with E-state index in [-0.39, 0.29) is 5.91 Å². The Kier molecular flexibility index (Phi) is 7.53. The highest BCUT2D eigenvalue weighted by Gasteiger charge is 2.21. The molecule has 34 heavy (non-hydrogen) atoms. The molecule has 3 aromatic rings. The van der Waals surface area contributed by atoms with Crippen molar-refractivity contribution in [1.82, 2.24) is 15.2 Å². The summed E-state index contributed by atoms with van der Waals surface area (Å²) in [5, 5.41) is 7.06. The molecule has 0 saturated carbocycles. The zero-order valence-corrected chi connectivity index (χ0v) is 20.3. The van der Waals surface area contributed by atoms with E-state index in [1.165, 1.54) is 16.3 Å². The Balaban J connectivity index is 1.07. The van der Waals surface area contributed by atoms with Crippen LogP contribution in [0.4, 0.5) is 5.69 Å². The van der Waals surface area contributed by atoms with Gasteiger partial charge in [0.15, 0.2) is 0 Å². The van der Waals surface area contributed by atoms with E-state index < -0.39 is 0 Å². The molecule has 2 aromatic carbocycles. The first kappa shape index (κ1) is 23.0. The summed E-state index contributed by atoms with van der Waals surface area (Å²) >= 11 is 1.75. The standard InChI is InChI=1S/C27H32N4O2S/c32-27(31-14-16-33-17-15-31)22-6-8-25(9-7-22)30-12-10-23(11-13-30)28-19-24-20-34-26(29-24)18-21-4-2-1-3-5-21/h1-9,20,23,28H,10-19H2. The average Bonchev–Trinajstić information content (AvgIpc) is 3.36. The van der Waals surface area contributed by atoms with E-state index in [1.54, 1.807) is 11.3 Å². The van der Waals surface area contributed by atoms with Crippen molar-refractivity contribution in [3.63, 3.8) is 0 Å². The number of morpholine rings is 1. The molecule has 178 valence electrons. The number of carbonyl (C=O) groups excluding carboxylic acids is 1. The topological polar surface area (TPSA) is 57.7 Å². The minimum Gasteiger partial charge on any atom is -0.378 e. The van der Waals surface area contributed by atoms with E-state index in [4.69, 9.17) is 9.72 Å². The van der Waals surface area contributed by atoms with Crippen molar-refractivity contribution in [2.75, 3.05) is 44.3 Å². The fourth-order valence-corrected chi connectivity index (χ4v) is 5.46. The van der Waals surface area contributed by atoms with Crippen molar-refractivity contribution in [3.8, 4) is 0 Å². The highest BCUT2D eigenvalue weighted by Crippen LogP contribution is 2.22. The monoisotopic (exact) mass is 476 g/mol. The maximum Gasteiger partial charge on any atom is 0.254 e. The van der Waals surface area contributed by atoms with Crippen molar-refractivity contribution in [1.29, 1.82) is 0 Å². The van der Waals surface area contributed by atoms with Gasteiger partial charge in [0.05, 0.1) is 23.9 Å². The molecule has 6 nitrogen and oxygen atoms in total. The molecular weight excluding hydrogens is 444 g/mol. The van der Waals surface area contributed by atoms with Gasteiger partial charge in [0.2, 0.25) is 0 Å². The first-order valence-electron chi connectivity index (χ1n) is 12.2. The number of anilines is 1. The number of aromatic nitrogens is 1. The Morgan fingerprint density at radius 1 is 1.00 bits per heavy atom. The Bertz CT molecular complexity index is 1060. The molecule has 0 unspecified atom stereocenters. The number of hydrogen-bond acceptors (Lipinski definition) is 6. The molecule has 0 bridgehead atoms. The third-order valence-electron chi connectivity index (χ3n) is 6.64. The van der Waals surface area contributed by atoms with Gasteiger partial charge in [-0.3, -0.25) is 4.79 Å². The maximum absolute atomic E-state index is 12.7. The highest BCUT2D eigenvalue weighted by molar-refractivity contribution is 7.09. The SMILES string of the molecule is O=C(c1ccc(N2CCC(NCc3csc(Cc4ccccc4)n3)CC2)cc1)N1CCOCC1. The lowest BCUT2D eigenvalue weighted by molar-refractivity contribution is 0.0303. The quantitative estimate of drug-likeness (QED) is 0.559. The second kappa shape index (κ2) is 11.1. The van der Waals surface area contributed by atoms with Crippen molar-refractivity contribution in [2.24, 2.45) is 0 Å². The highest BCUT2D eigenvalue weighted by atomic mass is 32.1. The van der Waals surface area contributed by atoms with Gasteiger partial charge in [-0.25, -0.2) is 4.98 Å². The predicted molar refractivity (Wildman–Crippen MR) is 137 cm³/mol. The number of rotatable bonds is 7. The molecule has 2 saturated heterocycles. The molecular formula is C27H32N4O2S. The zero-order chi connectivity index (χ0) is 23.2. The van der Waals surface area contributed by atoms with Crippen LogP contribution >= 0.6 is 11.3 Å². The third kappa shape index (κ3) is 5.84. The van der Waals surface area contributed by atoms with Gasteiger partial charge in [-0.05, 0) is 42.7 Å². The first-order valence-corrected chi connectivity index (χ1v) is 13.1. The molecule has 2 fully saturated rings. The predicted octanol–water partition coefficient (Wildman–Crippen LogP) is 3.96. The van der Waals surface area contributed by atoms with E-state index in [2.05, 4.69) is 58.1 Å². The number of amides is 1. The van der Waals surface area contributed by atoms with Crippen LogP contribution in [0.3, 0.4) is 0 Å². The summed E-state index contributed by atoms with van der Waals surface area (Å²) in [4.78, 5) is 21.8. The number of ether oxygens (including phenoxy) is 1. The summed E-state index contributed by atoms with van der Waals surface area (Å²) in [6.07, 6.45) is 3.12. The molecule has 7 heteroatoms. The van der Waals surface area contributed by atoms with Gasteiger partial charge in [0.25, 0.3) is 5.91 Å². The van der Waals surface area contributed by atoms with Gasteiger partial charge >= 0.3 is 0 Å². The summed E-state index contributed by atoms with van der Waals surface area (Å²) in [7, 11) is 0. The molecule has 2 aliphatic heterocycles. The smallest absolute Gasteiger partial charge is 0.254 e. The maximum atomic E-state index is 12.7. The number of hydrogen-bond donors (Lipinski definition) is 1. The van der Waals surface area contributed by atoms with Crippen molar-refractivity contribution >= 4 is 22.9 Å². The summed E-state index contributed by atoms with van der Waals surface area (Å²) in [6.45, 7) is 5.48. The summed E-state index contributed by atoms with van der Waals surface area (Å²) < 4.78 is 5.35. The van der Waals surface area contributed by atoms with E-state index in [1.807, 2.05) is 17.0 Å². The first-order chi connectivity index (χ1) is 16.7. The number of benzene rings is 2. The van der Waals surface area contributed by atoms with Gasteiger partial charge in [-0.15, -0.1) is 11.3 Å². The van der Waals surface area contributed by atoms with Gasteiger partial charge < -0.3 is 19.9 Å². The van der Waals surface area contributed by atoms with Crippen LogP contribution in [0.5, 0.6) is 0 Å². The third-order valence-corrected chi connectivity index (χ3v) is 7.54. The molecule has 5 rings (SSSR count). The van der Waals surface area contributed by atoms with Gasteiger partial charge in [0.1, 0.15) is 0 Å². The lowest BCUT2D eigenvalue weighted by atomic mass is 10.0. The number of nitrogens with zero attached hydrogens (tertiary/aromatic N) is 3. The second-order valence-electron chi connectivity index (χ2n) is 8.99. The molecule has 0 radical (unpaired) electrons. The van der Waals surface area contributed by atoms with E-state index in [0.717, 1.165) is 50.2 Å². The van der Waals surface area contributed by atoms with Crippen LogP contribution in [0.15, 0.2) is 60.0 Å². The van der Waals surface area contributed by atoms with Gasteiger partial charge in [-0.1, -0.05) is 30.3 Å². The van der Waals surface area contributed by atoms with Crippen molar-refractivity contribution in [3.05, 3.63) is 81.8 Å². The second-order valence-corrected chi connectivity index (χ2v) is 9.93. The number of thiazole rings is 1. The minimum atomic E-state index is 0.103. The van der Waals surface area contributed by atoms with Gasteiger partial charge in [0, 0.05) is 61.8 Å². The number of piperidine rings is 1. The van der Waals surface area contributed by atoms with Gasteiger partial charge in [-0.2, -0.15) is 0 Å². The Morgan fingerprint density at radius 3 is 2.47 bits per heavy atom. The number of carbonyl (C=O) groups is 1. The van der Waals surface area contributed by atoms with Crippen LogP contribution in [-0.2, 0) is 17.7 Å². The fourth-order valence-electron chi connectivity index (χ4n) is 4.64. The van der Waals surface area contributed by atoms with Crippen LogP contribution < -0.4 is 10.2 Å². The molecule has 0 aliphatic carbocycles. The molecule has 1 N–H and O–H groups in total. The molecule has 1 amide bonds. The summed E-state index contributed by atoms with van der Waals surface area (Å²) in [5.74, 6) is 0.103. The van der Waals surface area contributed by atoms with Crippen molar-refractivity contribution in [2.45, 2.75) is 31.8 Å². The Hall–Kier alpha value is -2.74. The molecule has 2 aliphatic rings. The van der Waals surface area contributed by atoms with Crippen LogP contribution in [0.25, 0.3) is 0 Å². The fraction of sp³-hybridized carbons (Fsp3) is 0.407. The molecule has 1 aromatic heterocycles. The van der Waals surface area contributed by atoms with E-state index >= 15 is 0 Å². The average molecular weight is 477 g/mol. The summed E-state index contributed by atoms with van der Waals surface area (Å²) in [5.41, 5.74) is 4.40. The Morgan fingerprint density at radius 2 is 1.74 bits per heavy atom. The van der Waals surface area contributed by atoms with Crippen LogP contribution in [-0.4, -0.2) is 61.2 Å². The zero-order valence-electron chi connectivity index (χ0n) is 19.5. The molecule has 0 atom stereocenters. The normalized spacial score (nSPS) is 17.2. The lowest BCUT2D eigenvalue weighted by Crippen LogP contribution is -2.42. The lowest BCUT2D eigenvalue weighted by Gasteiger charge is -2.34. The number of nitrogens with one attached hydrogen (secondary N) is 1.